The van der Waals surface area contributed by atoms with Crippen molar-refractivity contribution >= 4 is 11.1 Å². The SMILES string of the molecule is O=S(O)c1cccc(-c2cccc(-c3nc(-c4ccccc4)nc(-c4ccccc4)n3)c2)c1. The maximum absolute atomic E-state index is 11.5. The molecule has 1 heterocycles. The van der Waals surface area contributed by atoms with Crippen LogP contribution in [0.2, 0.25) is 0 Å². The molecule has 1 aromatic heterocycles. The Morgan fingerprint density at radius 2 is 0.909 bits per heavy atom. The van der Waals surface area contributed by atoms with E-state index in [0.717, 1.165) is 27.8 Å². The molecule has 5 rings (SSSR count). The fourth-order valence-corrected chi connectivity index (χ4v) is 3.98. The van der Waals surface area contributed by atoms with Crippen molar-refractivity contribution in [2.45, 2.75) is 4.90 Å². The van der Waals surface area contributed by atoms with Crippen molar-refractivity contribution < 1.29 is 8.76 Å². The molecular formula is C27H19N3O2S. The van der Waals surface area contributed by atoms with Crippen LogP contribution < -0.4 is 0 Å². The summed E-state index contributed by atoms with van der Waals surface area (Å²) in [6, 6.07) is 34.5. The molecule has 0 saturated carbocycles. The van der Waals surface area contributed by atoms with E-state index in [4.69, 9.17) is 15.0 Å². The number of hydrogen-bond acceptors (Lipinski definition) is 4. The Morgan fingerprint density at radius 1 is 0.485 bits per heavy atom. The molecule has 0 aliphatic carbocycles. The second-order valence-corrected chi connectivity index (χ2v) is 8.37. The zero-order chi connectivity index (χ0) is 22.6. The van der Waals surface area contributed by atoms with E-state index in [1.165, 1.54) is 0 Å². The molecule has 4 aromatic carbocycles. The second-order valence-electron chi connectivity index (χ2n) is 7.40. The lowest BCUT2D eigenvalue weighted by Gasteiger charge is -2.10. The van der Waals surface area contributed by atoms with Crippen LogP contribution in [0.5, 0.6) is 0 Å². The molecule has 5 nitrogen and oxygen atoms in total. The van der Waals surface area contributed by atoms with Gasteiger partial charge in [-0.15, -0.1) is 0 Å². The minimum Gasteiger partial charge on any atom is -0.302 e. The molecule has 1 atom stereocenters. The van der Waals surface area contributed by atoms with E-state index < -0.39 is 11.1 Å². The Morgan fingerprint density at radius 3 is 1.45 bits per heavy atom. The lowest BCUT2D eigenvalue weighted by molar-refractivity contribution is 0.564. The van der Waals surface area contributed by atoms with Crippen molar-refractivity contribution in [3.8, 4) is 45.3 Å². The quantitative estimate of drug-likeness (QED) is 0.327. The van der Waals surface area contributed by atoms with Crippen molar-refractivity contribution in [3.05, 3.63) is 109 Å². The van der Waals surface area contributed by atoms with E-state index in [-0.39, 0.29) is 0 Å². The molecule has 0 bridgehead atoms. The Balaban J connectivity index is 1.64. The van der Waals surface area contributed by atoms with Gasteiger partial charge in [-0.3, -0.25) is 0 Å². The van der Waals surface area contributed by atoms with Gasteiger partial charge in [-0.05, 0) is 29.3 Å². The summed E-state index contributed by atoms with van der Waals surface area (Å²) >= 11 is -2.04. The molecule has 0 aliphatic rings. The summed E-state index contributed by atoms with van der Waals surface area (Å²) in [7, 11) is 0. The van der Waals surface area contributed by atoms with Gasteiger partial charge in [0.2, 0.25) is 0 Å². The topological polar surface area (TPSA) is 76.0 Å². The molecule has 0 fully saturated rings. The van der Waals surface area contributed by atoms with Gasteiger partial charge in [0.25, 0.3) is 0 Å². The smallest absolute Gasteiger partial charge is 0.186 e. The standard InChI is InChI=1S/C27H19N3O2S/c31-33(32)24-16-8-14-22(18-24)21-13-7-15-23(17-21)27-29-25(19-9-3-1-4-10-19)28-26(30-27)20-11-5-2-6-12-20/h1-18H,(H,31,32). The molecule has 6 heteroatoms. The van der Waals surface area contributed by atoms with Gasteiger partial charge in [0, 0.05) is 16.7 Å². The predicted octanol–water partition coefficient (Wildman–Crippen LogP) is 6.12. The Bertz CT molecular complexity index is 1380. The summed E-state index contributed by atoms with van der Waals surface area (Å²) in [5.74, 6) is 1.76. The van der Waals surface area contributed by atoms with Gasteiger partial charge < -0.3 is 4.55 Å². The lowest BCUT2D eigenvalue weighted by atomic mass is 10.0. The number of benzene rings is 4. The molecule has 0 saturated heterocycles. The Labute approximate surface area is 194 Å². The molecule has 0 aliphatic heterocycles. The monoisotopic (exact) mass is 449 g/mol. The first-order valence-corrected chi connectivity index (χ1v) is 11.5. The second kappa shape index (κ2) is 9.24. The highest BCUT2D eigenvalue weighted by Crippen LogP contribution is 2.28. The highest BCUT2D eigenvalue weighted by Gasteiger charge is 2.13. The molecule has 160 valence electrons. The molecule has 1 unspecified atom stereocenters. The summed E-state index contributed by atoms with van der Waals surface area (Å²) in [6.45, 7) is 0. The number of rotatable bonds is 5. The van der Waals surface area contributed by atoms with Crippen LogP contribution in [0.15, 0.2) is 114 Å². The minimum absolute atomic E-state index is 0.357. The summed E-state index contributed by atoms with van der Waals surface area (Å²) < 4.78 is 21.0. The van der Waals surface area contributed by atoms with Gasteiger partial charge in [-0.25, -0.2) is 19.2 Å². The van der Waals surface area contributed by atoms with Crippen molar-refractivity contribution in [2.75, 3.05) is 0 Å². The van der Waals surface area contributed by atoms with Crippen LogP contribution in [0.25, 0.3) is 45.3 Å². The largest absolute Gasteiger partial charge is 0.302 e. The highest BCUT2D eigenvalue weighted by atomic mass is 32.2. The molecule has 1 N–H and O–H groups in total. The van der Waals surface area contributed by atoms with E-state index in [2.05, 4.69) is 0 Å². The van der Waals surface area contributed by atoms with Crippen LogP contribution in [0, 0.1) is 0 Å². The Hall–Kier alpha value is -4.00. The molecule has 5 aromatic rings. The normalized spacial score (nSPS) is 11.8. The summed E-state index contributed by atoms with van der Waals surface area (Å²) in [6.07, 6.45) is 0. The minimum atomic E-state index is -2.04. The van der Waals surface area contributed by atoms with Gasteiger partial charge in [0.15, 0.2) is 28.6 Å². The molecular weight excluding hydrogens is 430 g/mol. The predicted molar refractivity (Wildman–Crippen MR) is 131 cm³/mol. The van der Waals surface area contributed by atoms with Crippen LogP contribution >= 0.6 is 0 Å². The molecule has 33 heavy (non-hydrogen) atoms. The highest BCUT2D eigenvalue weighted by molar-refractivity contribution is 7.79. The lowest BCUT2D eigenvalue weighted by Crippen LogP contribution is -2.00. The van der Waals surface area contributed by atoms with E-state index >= 15 is 0 Å². The number of hydrogen-bond donors (Lipinski definition) is 1. The van der Waals surface area contributed by atoms with Crippen molar-refractivity contribution in [2.24, 2.45) is 0 Å². The van der Waals surface area contributed by atoms with Gasteiger partial charge in [-0.1, -0.05) is 91.0 Å². The van der Waals surface area contributed by atoms with Gasteiger partial charge in [-0.2, -0.15) is 0 Å². The number of aromatic nitrogens is 3. The van der Waals surface area contributed by atoms with Crippen LogP contribution in [-0.2, 0) is 11.1 Å². The maximum atomic E-state index is 11.5. The van der Waals surface area contributed by atoms with Crippen molar-refractivity contribution in [1.29, 1.82) is 0 Å². The molecule has 0 amide bonds. The summed E-state index contributed by atoms with van der Waals surface area (Å²) in [4.78, 5) is 14.6. The number of nitrogens with zero attached hydrogens (tertiary/aromatic N) is 3. The van der Waals surface area contributed by atoms with E-state index in [9.17, 15) is 8.76 Å². The van der Waals surface area contributed by atoms with Crippen LogP contribution in [-0.4, -0.2) is 23.7 Å². The third-order valence-electron chi connectivity index (χ3n) is 5.19. The third kappa shape index (κ3) is 4.62. The average molecular weight is 450 g/mol. The first-order chi connectivity index (χ1) is 16.2. The van der Waals surface area contributed by atoms with E-state index in [1.54, 1.807) is 18.2 Å². The van der Waals surface area contributed by atoms with Crippen molar-refractivity contribution in [3.63, 3.8) is 0 Å². The third-order valence-corrected chi connectivity index (χ3v) is 5.85. The Kier molecular flexibility index (Phi) is 5.85. The zero-order valence-electron chi connectivity index (χ0n) is 17.5. The fraction of sp³-hybridized carbons (Fsp3) is 0. The first-order valence-electron chi connectivity index (χ1n) is 10.4. The van der Waals surface area contributed by atoms with Crippen LogP contribution in [0.3, 0.4) is 0 Å². The van der Waals surface area contributed by atoms with Gasteiger partial charge in [0.05, 0.1) is 4.90 Å². The summed E-state index contributed by atoms with van der Waals surface area (Å²) in [5, 5.41) is 0. The molecule has 0 radical (unpaired) electrons. The van der Waals surface area contributed by atoms with E-state index in [0.29, 0.717) is 22.4 Å². The van der Waals surface area contributed by atoms with Crippen molar-refractivity contribution in [1.82, 2.24) is 15.0 Å². The van der Waals surface area contributed by atoms with Crippen LogP contribution in [0.4, 0.5) is 0 Å². The van der Waals surface area contributed by atoms with Crippen LogP contribution in [0.1, 0.15) is 0 Å². The zero-order valence-corrected chi connectivity index (χ0v) is 18.3. The van der Waals surface area contributed by atoms with Gasteiger partial charge >= 0.3 is 0 Å². The fourth-order valence-electron chi connectivity index (χ4n) is 3.56. The average Bonchev–Trinajstić information content (AvgIpc) is 2.89. The first kappa shape index (κ1) is 20.9. The molecule has 0 spiro atoms. The van der Waals surface area contributed by atoms with Gasteiger partial charge in [0.1, 0.15) is 0 Å². The van der Waals surface area contributed by atoms with E-state index in [1.807, 2.05) is 91.0 Å². The summed E-state index contributed by atoms with van der Waals surface area (Å²) in [5.41, 5.74) is 4.40. The maximum Gasteiger partial charge on any atom is 0.186 e.